The van der Waals surface area contributed by atoms with Crippen molar-refractivity contribution in [2.45, 2.75) is 46.8 Å². The highest BCUT2D eigenvalue weighted by Gasteiger charge is 2.31. The van der Waals surface area contributed by atoms with Crippen LogP contribution in [0.4, 0.5) is 0 Å². The van der Waals surface area contributed by atoms with Crippen molar-refractivity contribution in [1.82, 2.24) is 10.6 Å². The Labute approximate surface area is 154 Å². The Morgan fingerprint density at radius 2 is 1.84 bits per heavy atom. The average Bonchev–Trinajstić information content (AvgIpc) is 2.51. The van der Waals surface area contributed by atoms with Gasteiger partial charge in [0.2, 0.25) is 0 Å². The molecule has 1 heterocycles. The third-order valence-electron chi connectivity index (χ3n) is 3.63. The molecule has 1 aliphatic heterocycles. The summed E-state index contributed by atoms with van der Waals surface area (Å²) < 4.78 is 11.1. The van der Waals surface area contributed by atoms with Gasteiger partial charge in [0, 0.05) is 5.70 Å². The van der Waals surface area contributed by atoms with Crippen molar-refractivity contribution >= 4 is 23.3 Å². The molecule has 1 atom stereocenters. The quantitative estimate of drug-likeness (QED) is 0.597. The first-order valence-corrected chi connectivity index (χ1v) is 8.90. The van der Waals surface area contributed by atoms with Gasteiger partial charge in [-0.25, -0.2) is 4.79 Å². The molecule has 0 aromatic heterocycles. The highest BCUT2D eigenvalue weighted by Crippen LogP contribution is 2.29. The minimum atomic E-state index is -0.348. The smallest absolute Gasteiger partial charge is 0.338 e. The van der Waals surface area contributed by atoms with E-state index in [0.717, 1.165) is 11.3 Å². The van der Waals surface area contributed by atoms with Crippen LogP contribution in [0.2, 0.25) is 0 Å². The number of carbonyl (C=O) groups is 1. The van der Waals surface area contributed by atoms with E-state index in [1.165, 1.54) is 0 Å². The van der Waals surface area contributed by atoms with Crippen LogP contribution in [0.3, 0.4) is 0 Å². The molecule has 6 heteroatoms. The molecular formula is C19H26N2O3S. The molecule has 5 nitrogen and oxygen atoms in total. The number of allylic oxidation sites excluding steroid dienone is 1. The topological polar surface area (TPSA) is 59.6 Å². The molecule has 1 aromatic rings. The summed E-state index contributed by atoms with van der Waals surface area (Å²) in [6, 6.07) is 7.35. The van der Waals surface area contributed by atoms with E-state index in [2.05, 4.69) is 24.5 Å². The number of esters is 1. The van der Waals surface area contributed by atoms with Crippen LogP contribution in [0.5, 0.6) is 5.75 Å². The summed E-state index contributed by atoms with van der Waals surface area (Å²) in [6.45, 7) is 10.4. The van der Waals surface area contributed by atoms with Crippen LogP contribution >= 0.6 is 12.2 Å². The van der Waals surface area contributed by atoms with Crippen molar-refractivity contribution in [1.29, 1.82) is 0 Å². The summed E-state index contributed by atoms with van der Waals surface area (Å²) in [4.78, 5) is 12.5. The van der Waals surface area contributed by atoms with Crippen LogP contribution in [0.25, 0.3) is 0 Å². The first kappa shape index (κ1) is 19.2. The second-order valence-electron chi connectivity index (χ2n) is 6.80. The number of hydrogen-bond acceptors (Lipinski definition) is 4. The lowest BCUT2D eigenvalue weighted by Crippen LogP contribution is -2.45. The van der Waals surface area contributed by atoms with Gasteiger partial charge in [-0.05, 0) is 56.6 Å². The molecule has 0 bridgehead atoms. The monoisotopic (exact) mass is 362 g/mol. The van der Waals surface area contributed by atoms with Crippen molar-refractivity contribution in [3.05, 3.63) is 41.1 Å². The molecule has 0 aliphatic carbocycles. The number of nitrogens with one attached hydrogen (secondary N) is 2. The van der Waals surface area contributed by atoms with Crippen LogP contribution in [0, 0.1) is 5.92 Å². The van der Waals surface area contributed by atoms with E-state index in [1.807, 2.05) is 45.0 Å². The second-order valence-corrected chi connectivity index (χ2v) is 7.21. The second kappa shape index (κ2) is 8.34. The average molecular weight is 362 g/mol. The number of ether oxygens (including phenoxy) is 2. The Morgan fingerprint density at radius 3 is 2.40 bits per heavy atom. The summed E-state index contributed by atoms with van der Waals surface area (Å²) in [5.74, 6) is 0.923. The van der Waals surface area contributed by atoms with E-state index in [4.69, 9.17) is 21.7 Å². The minimum absolute atomic E-state index is 0.186. The Bertz CT molecular complexity index is 666. The molecule has 0 radical (unpaired) electrons. The lowest BCUT2D eigenvalue weighted by Gasteiger charge is -2.30. The summed E-state index contributed by atoms with van der Waals surface area (Å²) in [7, 11) is 0. The molecule has 2 N–H and O–H groups in total. The van der Waals surface area contributed by atoms with Crippen molar-refractivity contribution in [2.24, 2.45) is 5.92 Å². The zero-order valence-electron chi connectivity index (χ0n) is 15.4. The van der Waals surface area contributed by atoms with Gasteiger partial charge in [0.1, 0.15) is 5.75 Å². The Morgan fingerprint density at radius 1 is 1.20 bits per heavy atom. The van der Waals surface area contributed by atoms with Crippen LogP contribution < -0.4 is 15.4 Å². The zero-order valence-corrected chi connectivity index (χ0v) is 16.2. The Kier molecular flexibility index (Phi) is 6.42. The molecule has 0 spiro atoms. The van der Waals surface area contributed by atoms with Crippen LogP contribution in [-0.2, 0) is 9.53 Å². The van der Waals surface area contributed by atoms with E-state index in [0.29, 0.717) is 28.9 Å². The molecule has 0 amide bonds. The number of thiocarbonyl (C=S) groups is 1. The number of rotatable bonds is 6. The fourth-order valence-electron chi connectivity index (χ4n) is 2.51. The maximum Gasteiger partial charge on any atom is 0.338 e. The number of benzene rings is 1. The highest BCUT2D eigenvalue weighted by molar-refractivity contribution is 7.80. The largest absolute Gasteiger partial charge is 0.493 e. The maximum absolute atomic E-state index is 12.5. The molecule has 0 saturated heterocycles. The molecule has 0 fully saturated rings. The van der Waals surface area contributed by atoms with Gasteiger partial charge in [-0.15, -0.1) is 0 Å². The molecule has 0 saturated carbocycles. The third-order valence-corrected chi connectivity index (χ3v) is 3.85. The normalized spacial score (nSPS) is 17.4. The molecule has 1 aromatic carbocycles. The minimum Gasteiger partial charge on any atom is -0.493 e. The lowest BCUT2D eigenvalue weighted by molar-refractivity contribution is -0.143. The standard InChI is InChI=1S/C19H26N2O3S/c1-11(2)10-23-15-8-6-14(7-9-15)17-16(18(22)24-12(3)4)13(5)20-19(25)21-17/h6-9,11-12,17H,10H2,1-5H3,(H2,20,21,25)/t17-/m0/s1. The SMILES string of the molecule is CC1=C(C(=O)OC(C)C)[C@H](c2ccc(OCC(C)C)cc2)NC(=S)N1. The van der Waals surface area contributed by atoms with E-state index in [1.54, 1.807) is 0 Å². The van der Waals surface area contributed by atoms with Gasteiger partial charge in [-0.2, -0.15) is 0 Å². The van der Waals surface area contributed by atoms with Crippen molar-refractivity contribution < 1.29 is 14.3 Å². The molecule has 25 heavy (non-hydrogen) atoms. The van der Waals surface area contributed by atoms with Gasteiger partial charge in [0.25, 0.3) is 0 Å². The predicted molar refractivity (Wildman–Crippen MR) is 102 cm³/mol. The van der Waals surface area contributed by atoms with E-state index in [-0.39, 0.29) is 18.1 Å². The molecular weight excluding hydrogens is 336 g/mol. The Balaban J connectivity index is 2.26. The van der Waals surface area contributed by atoms with Gasteiger partial charge in [-0.1, -0.05) is 26.0 Å². The van der Waals surface area contributed by atoms with E-state index < -0.39 is 0 Å². The number of hydrogen-bond donors (Lipinski definition) is 2. The van der Waals surface area contributed by atoms with Gasteiger partial charge in [0.05, 0.1) is 24.3 Å². The molecule has 2 rings (SSSR count). The summed E-state index contributed by atoms with van der Waals surface area (Å²) in [6.07, 6.45) is -0.186. The number of carbonyl (C=O) groups excluding carboxylic acids is 1. The molecule has 136 valence electrons. The van der Waals surface area contributed by atoms with Gasteiger partial charge in [-0.3, -0.25) is 0 Å². The fourth-order valence-corrected chi connectivity index (χ4v) is 2.78. The zero-order chi connectivity index (χ0) is 18.6. The first-order chi connectivity index (χ1) is 11.8. The van der Waals surface area contributed by atoms with Gasteiger partial charge < -0.3 is 20.1 Å². The Hall–Kier alpha value is -2.08. The van der Waals surface area contributed by atoms with E-state index in [9.17, 15) is 4.79 Å². The van der Waals surface area contributed by atoms with Crippen molar-refractivity contribution in [2.75, 3.05) is 6.61 Å². The summed E-state index contributed by atoms with van der Waals surface area (Å²) in [5.41, 5.74) is 2.17. The predicted octanol–water partition coefficient (Wildman–Crippen LogP) is 3.47. The fraction of sp³-hybridized carbons (Fsp3) is 0.474. The van der Waals surface area contributed by atoms with Gasteiger partial charge in [0.15, 0.2) is 5.11 Å². The molecule has 1 aliphatic rings. The van der Waals surface area contributed by atoms with Crippen LogP contribution in [-0.4, -0.2) is 23.8 Å². The van der Waals surface area contributed by atoms with Crippen molar-refractivity contribution in [3.63, 3.8) is 0 Å². The summed E-state index contributed by atoms with van der Waals surface area (Å²) >= 11 is 5.25. The lowest BCUT2D eigenvalue weighted by atomic mass is 9.95. The maximum atomic E-state index is 12.5. The van der Waals surface area contributed by atoms with Crippen molar-refractivity contribution in [3.8, 4) is 5.75 Å². The summed E-state index contributed by atoms with van der Waals surface area (Å²) in [5, 5.41) is 6.65. The van der Waals surface area contributed by atoms with Gasteiger partial charge >= 0.3 is 5.97 Å². The van der Waals surface area contributed by atoms with Crippen LogP contribution in [0.15, 0.2) is 35.5 Å². The van der Waals surface area contributed by atoms with E-state index >= 15 is 0 Å². The highest BCUT2D eigenvalue weighted by atomic mass is 32.1. The van der Waals surface area contributed by atoms with Crippen LogP contribution in [0.1, 0.15) is 46.2 Å². The third kappa shape index (κ3) is 5.19. The first-order valence-electron chi connectivity index (χ1n) is 8.50. The molecule has 0 unspecified atom stereocenters.